The predicted molar refractivity (Wildman–Crippen MR) is 79.1 cm³/mol. The highest BCUT2D eigenvalue weighted by atomic mass is 19.1. The Hall–Kier alpha value is -2.49. The number of nitrogens with one attached hydrogen (secondary N) is 1. The van der Waals surface area contributed by atoms with Gasteiger partial charge in [0.2, 0.25) is 0 Å². The standard InChI is InChI=1S/C17H16FNO2/c1-12(19-15-6-3-7-16(20)11-15)8-9-17(21)13-4-2-5-14(18)10-13/h2,4-5,8-11,19H,1,3,6-7H2/b9-8+. The van der Waals surface area contributed by atoms with Crippen LogP contribution in [0.3, 0.4) is 0 Å². The van der Waals surface area contributed by atoms with E-state index in [0.29, 0.717) is 12.1 Å². The molecule has 0 heterocycles. The third kappa shape index (κ3) is 4.53. The molecule has 0 bridgehead atoms. The van der Waals surface area contributed by atoms with Gasteiger partial charge in [-0.3, -0.25) is 9.59 Å². The lowest BCUT2D eigenvalue weighted by Crippen LogP contribution is -2.16. The SMILES string of the molecule is C=C(/C=C/C(=O)c1cccc(F)c1)NC1=CC(=O)CCC1. The van der Waals surface area contributed by atoms with E-state index in [4.69, 9.17) is 0 Å². The Morgan fingerprint density at radius 1 is 1.29 bits per heavy atom. The Morgan fingerprint density at radius 3 is 2.81 bits per heavy atom. The minimum absolute atomic E-state index is 0.0939. The third-order valence-electron chi connectivity index (χ3n) is 3.07. The minimum atomic E-state index is -0.447. The van der Waals surface area contributed by atoms with E-state index < -0.39 is 5.82 Å². The zero-order chi connectivity index (χ0) is 15.2. The van der Waals surface area contributed by atoms with Gasteiger partial charge in [-0.1, -0.05) is 18.7 Å². The molecule has 0 atom stereocenters. The molecule has 1 aliphatic rings. The lowest BCUT2D eigenvalue weighted by atomic mass is 10.0. The molecule has 0 spiro atoms. The van der Waals surface area contributed by atoms with E-state index in [1.165, 1.54) is 30.4 Å². The highest BCUT2D eigenvalue weighted by molar-refractivity contribution is 6.04. The average Bonchev–Trinajstić information content (AvgIpc) is 2.45. The van der Waals surface area contributed by atoms with Crippen molar-refractivity contribution in [2.24, 2.45) is 0 Å². The van der Waals surface area contributed by atoms with E-state index in [-0.39, 0.29) is 17.1 Å². The third-order valence-corrected chi connectivity index (χ3v) is 3.07. The first-order valence-corrected chi connectivity index (χ1v) is 6.72. The molecule has 0 saturated carbocycles. The summed E-state index contributed by atoms with van der Waals surface area (Å²) in [6.45, 7) is 3.78. The van der Waals surface area contributed by atoms with Crippen molar-refractivity contribution < 1.29 is 14.0 Å². The second kappa shape index (κ2) is 6.79. The van der Waals surface area contributed by atoms with Gasteiger partial charge in [0.25, 0.3) is 0 Å². The summed E-state index contributed by atoms with van der Waals surface area (Å²) >= 11 is 0. The van der Waals surface area contributed by atoms with E-state index in [1.54, 1.807) is 12.1 Å². The van der Waals surface area contributed by atoms with Crippen molar-refractivity contribution in [3.8, 4) is 0 Å². The highest BCUT2D eigenvalue weighted by Gasteiger charge is 2.09. The van der Waals surface area contributed by atoms with Crippen LogP contribution < -0.4 is 5.32 Å². The zero-order valence-electron chi connectivity index (χ0n) is 11.6. The first-order chi connectivity index (χ1) is 10.0. The molecule has 2 rings (SSSR count). The molecule has 4 heteroatoms. The monoisotopic (exact) mass is 285 g/mol. The zero-order valence-corrected chi connectivity index (χ0v) is 11.6. The number of allylic oxidation sites excluding steroid dienone is 4. The van der Waals surface area contributed by atoms with Crippen molar-refractivity contribution in [3.05, 3.63) is 71.8 Å². The van der Waals surface area contributed by atoms with Gasteiger partial charge in [-0.2, -0.15) is 0 Å². The van der Waals surface area contributed by atoms with Crippen molar-refractivity contribution in [2.45, 2.75) is 19.3 Å². The predicted octanol–water partition coefficient (Wildman–Crippen LogP) is 3.30. The average molecular weight is 285 g/mol. The molecule has 3 nitrogen and oxygen atoms in total. The van der Waals surface area contributed by atoms with Crippen LogP contribution in [0.15, 0.2) is 60.5 Å². The molecule has 0 radical (unpaired) electrons. The summed E-state index contributed by atoms with van der Waals surface area (Å²) in [6.07, 6.45) is 6.60. The van der Waals surface area contributed by atoms with Gasteiger partial charge < -0.3 is 5.32 Å². The number of hydrogen-bond acceptors (Lipinski definition) is 3. The Balaban J connectivity index is 1.96. The molecular formula is C17H16FNO2. The summed E-state index contributed by atoms with van der Waals surface area (Å²) in [5, 5.41) is 3.00. The summed E-state index contributed by atoms with van der Waals surface area (Å²) in [5.74, 6) is -0.653. The summed E-state index contributed by atoms with van der Waals surface area (Å²) in [4.78, 5) is 23.1. The van der Waals surface area contributed by atoms with Crippen molar-refractivity contribution in [2.75, 3.05) is 0 Å². The maximum atomic E-state index is 13.0. The number of carbonyl (C=O) groups excluding carboxylic acids is 2. The first kappa shape index (κ1) is 14.9. The van der Waals surface area contributed by atoms with Crippen LogP contribution in [-0.2, 0) is 4.79 Å². The highest BCUT2D eigenvalue weighted by Crippen LogP contribution is 2.14. The summed E-state index contributed by atoms with van der Waals surface area (Å²) in [5.41, 5.74) is 1.60. The number of benzene rings is 1. The van der Waals surface area contributed by atoms with Crippen LogP contribution in [0.1, 0.15) is 29.6 Å². The second-order valence-electron chi connectivity index (χ2n) is 4.85. The van der Waals surface area contributed by atoms with Crippen molar-refractivity contribution in [3.63, 3.8) is 0 Å². The number of carbonyl (C=O) groups is 2. The van der Waals surface area contributed by atoms with Crippen molar-refractivity contribution in [1.29, 1.82) is 0 Å². The van der Waals surface area contributed by atoms with Crippen LogP contribution in [-0.4, -0.2) is 11.6 Å². The number of rotatable bonds is 5. The van der Waals surface area contributed by atoms with Gasteiger partial charge in [0.05, 0.1) is 0 Å². The lowest BCUT2D eigenvalue weighted by molar-refractivity contribution is -0.115. The fourth-order valence-electron chi connectivity index (χ4n) is 2.05. The van der Waals surface area contributed by atoms with E-state index in [9.17, 15) is 14.0 Å². The van der Waals surface area contributed by atoms with Gasteiger partial charge in [0.1, 0.15) is 5.82 Å². The molecule has 0 aliphatic heterocycles. The largest absolute Gasteiger partial charge is 0.359 e. The van der Waals surface area contributed by atoms with E-state index in [0.717, 1.165) is 18.5 Å². The molecule has 0 aromatic heterocycles. The molecule has 21 heavy (non-hydrogen) atoms. The van der Waals surface area contributed by atoms with Crippen LogP contribution in [0.5, 0.6) is 0 Å². The summed E-state index contributed by atoms with van der Waals surface area (Å²) in [7, 11) is 0. The molecule has 1 aromatic carbocycles. The maximum absolute atomic E-state index is 13.0. The van der Waals surface area contributed by atoms with Gasteiger partial charge in [-0.05, 0) is 37.1 Å². The number of hydrogen-bond donors (Lipinski definition) is 1. The fourth-order valence-corrected chi connectivity index (χ4v) is 2.05. The van der Waals surface area contributed by atoms with Crippen LogP contribution in [0.4, 0.5) is 4.39 Å². The van der Waals surface area contributed by atoms with Gasteiger partial charge in [-0.15, -0.1) is 0 Å². The normalized spacial score (nSPS) is 14.9. The smallest absolute Gasteiger partial charge is 0.186 e. The molecule has 1 N–H and O–H groups in total. The molecule has 1 aliphatic carbocycles. The molecule has 0 amide bonds. The number of ketones is 2. The maximum Gasteiger partial charge on any atom is 0.186 e. The molecular weight excluding hydrogens is 269 g/mol. The van der Waals surface area contributed by atoms with Crippen LogP contribution in [0.2, 0.25) is 0 Å². The fraction of sp³-hybridized carbons (Fsp3) is 0.176. The van der Waals surface area contributed by atoms with E-state index in [1.807, 2.05) is 0 Å². The summed E-state index contributed by atoms with van der Waals surface area (Å²) < 4.78 is 13.0. The quantitative estimate of drug-likeness (QED) is 0.513. The molecule has 0 unspecified atom stereocenters. The molecule has 0 saturated heterocycles. The molecule has 108 valence electrons. The summed E-state index contributed by atoms with van der Waals surface area (Å²) in [6, 6.07) is 5.51. The van der Waals surface area contributed by atoms with Crippen LogP contribution in [0.25, 0.3) is 0 Å². The lowest BCUT2D eigenvalue weighted by Gasteiger charge is -2.14. The van der Waals surface area contributed by atoms with E-state index >= 15 is 0 Å². The second-order valence-corrected chi connectivity index (χ2v) is 4.85. The van der Waals surface area contributed by atoms with Crippen molar-refractivity contribution >= 4 is 11.6 Å². The van der Waals surface area contributed by atoms with Gasteiger partial charge in [0.15, 0.2) is 11.6 Å². The van der Waals surface area contributed by atoms with Gasteiger partial charge >= 0.3 is 0 Å². The number of halogens is 1. The van der Waals surface area contributed by atoms with E-state index in [2.05, 4.69) is 11.9 Å². The Morgan fingerprint density at radius 2 is 2.10 bits per heavy atom. The Labute approximate surface area is 122 Å². The Bertz CT molecular complexity index is 644. The van der Waals surface area contributed by atoms with Gasteiger partial charge in [-0.25, -0.2) is 4.39 Å². The molecule has 0 fully saturated rings. The first-order valence-electron chi connectivity index (χ1n) is 6.72. The van der Waals surface area contributed by atoms with Gasteiger partial charge in [0, 0.05) is 29.5 Å². The molecule has 1 aromatic rings. The topological polar surface area (TPSA) is 46.2 Å². The van der Waals surface area contributed by atoms with Crippen LogP contribution >= 0.6 is 0 Å². The Kier molecular flexibility index (Phi) is 4.82. The van der Waals surface area contributed by atoms with Crippen LogP contribution in [0, 0.1) is 5.82 Å². The minimum Gasteiger partial charge on any atom is -0.359 e. The van der Waals surface area contributed by atoms with Crippen molar-refractivity contribution in [1.82, 2.24) is 5.32 Å².